The molecule has 0 aromatic carbocycles. The molecule has 1 aromatic heterocycles. The summed E-state index contributed by atoms with van der Waals surface area (Å²) in [5, 5.41) is 3.49. The number of nitrogens with zero attached hydrogens (tertiary/aromatic N) is 1. The predicted octanol–water partition coefficient (Wildman–Crippen LogP) is 2.95. The van der Waals surface area contributed by atoms with E-state index in [9.17, 15) is 0 Å². The Kier molecular flexibility index (Phi) is 8.18. The fourth-order valence-corrected chi connectivity index (χ4v) is 1.81. The van der Waals surface area contributed by atoms with Crippen molar-refractivity contribution >= 4 is 0 Å². The van der Waals surface area contributed by atoms with Gasteiger partial charge < -0.3 is 14.8 Å². The molecule has 0 fully saturated rings. The Morgan fingerprint density at radius 3 is 2.74 bits per heavy atom. The predicted molar refractivity (Wildman–Crippen MR) is 77.6 cm³/mol. The lowest BCUT2D eigenvalue weighted by Crippen LogP contribution is -2.26. The number of ether oxygens (including phenoxy) is 2. The third-order valence-corrected chi connectivity index (χ3v) is 2.72. The van der Waals surface area contributed by atoms with Gasteiger partial charge in [-0.15, -0.1) is 0 Å². The first-order valence-electron chi connectivity index (χ1n) is 7.20. The molecule has 0 saturated heterocycles. The van der Waals surface area contributed by atoms with Crippen molar-refractivity contribution in [2.75, 3.05) is 26.4 Å². The minimum atomic E-state index is 0.180. The van der Waals surface area contributed by atoms with Crippen molar-refractivity contribution in [2.24, 2.45) is 0 Å². The van der Waals surface area contributed by atoms with Gasteiger partial charge in [0.1, 0.15) is 5.75 Å². The highest BCUT2D eigenvalue weighted by Crippen LogP contribution is 2.18. The molecule has 19 heavy (non-hydrogen) atoms. The third-order valence-electron chi connectivity index (χ3n) is 2.72. The standard InChI is InChI=1S/C15H26N2O2/c1-4-7-17-15(12-18-8-5-2)13-9-14(19-6-3)11-16-10-13/h9-11,15,17H,4-8,12H2,1-3H3. The maximum Gasteiger partial charge on any atom is 0.137 e. The van der Waals surface area contributed by atoms with Crippen molar-refractivity contribution in [3.8, 4) is 5.75 Å². The van der Waals surface area contributed by atoms with Crippen molar-refractivity contribution in [1.82, 2.24) is 10.3 Å². The van der Waals surface area contributed by atoms with Crippen LogP contribution in [0.2, 0.25) is 0 Å². The van der Waals surface area contributed by atoms with Gasteiger partial charge in [0, 0.05) is 12.8 Å². The Bertz CT molecular complexity index is 345. The molecule has 4 heteroatoms. The second-order valence-electron chi connectivity index (χ2n) is 4.47. The Hall–Kier alpha value is -1.13. The van der Waals surface area contributed by atoms with E-state index in [0.717, 1.165) is 37.3 Å². The van der Waals surface area contributed by atoms with E-state index in [1.807, 2.05) is 19.2 Å². The Balaban J connectivity index is 2.68. The van der Waals surface area contributed by atoms with Crippen LogP contribution >= 0.6 is 0 Å². The lowest BCUT2D eigenvalue weighted by atomic mass is 10.1. The van der Waals surface area contributed by atoms with Crippen LogP contribution in [0.3, 0.4) is 0 Å². The van der Waals surface area contributed by atoms with Gasteiger partial charge >= 0.3 is 0 Å². The molecule has 1 aromatic rings. The van der Waals surface area contributed by atoms with Crippen molar-refractivity contribution in [3.63, 3.8) is 0 Å². The highest BCUT2D eigenvalue weighted by Gasteiger charge is 2.12. The Morgan fingerprint density at radius 2 is 2.05 bits per heavy atom. The van der Waals surface area contributed by atoms with Gasteiger partial charge in [-0.3, -0.25) is 4.98 Å². The van der Waals surface area contributed by atoms with Crippen molar-refractivity contribution in [1.29, 1.82) is 0 Å². The molecule has 0 radical (unpaired) electrons. The summed E-state index contributed by atoms with van der Waals surface area (Å²) in [5.41, 5.74) is 1.12. The smallest absolute Gasteiger partial charge is 0.137 e. The highest BCUT2D eigenvalue weighted by molar-refractivity contribution is 5.26. The van der Waals surface area contributed by atoms with E-state index in [1.165, 1.54) is 0 Å². The first kappa shape index (κ1) is 15.9. The van der Waals surface area contributed by atoms with E-state index >= 15 is 0 Å². The quantitative estimate of drug-likeness (QED) is 0.661. The monoisotopic (exact) mass is 266 g/mol. The van der Waals surface area contributed by atoms with Gasteiger partial charge in [-0.2, -0.15) is 0 Å². The maximum atomic E-state index is 5.67. The van der Waals surface area contributed by atoms with Crippen LogP contribution in [-0.4, -0.2) is 31.3 Å². The number of aromatic nitrogens is 1. The van der Waals surface area contributed by atoms with Crippen molar-refractivity contribution < 1.29 is 9.47 Å². The van der Waals surface area contributed by atoms with Crippen LogP contribution in [0.4, 0.5) is 0 Å². The normalized spacial score (nSPS) is 12.4. The van der Waals surface area contributed by atoms with E-state index in [4.69, 9.17) is 9.47 Å². The Labute approximate surface area is 116 Å². The van der Waals surface area contributed by atoms with E-state index in [2.05, 4.69) is 24.1 Å². The summed E-state index contributed by atoms with van der Waals surface area (Å²) < 4.78 is 11.2. The lowest BCUT2D eigenvalue weighted by molar-refractivity contribution is 0.112. The molecule has 1 heterocycles. The third kappa shape index (κ3) is 6.03. The van der Waals surface area contributed by atoms with Gasteiger partial charge in [-0.1, -0.05) is 13.8 Å². The molecule has 0 bridgehead atoms. The number of hydrogen-bond donors (Lipinski definition) is 1. The molecular weight excluding hydrogens is 240 g/mol. The summed E-state index contributed by atoms with van der Waals surface area (Å²) in [7, 11) is 0. The van der Waals surface area contributed by atoms with Crippen LogP contribution in [0.25, 0.3) is 0 Å². The zero-order chi connectivity index (χ0) is 13.9. The minimum absolute atomic E-state index is 0.180. The van der Waals surface area contributed by atoms with Crippen LogP contribution < -0.4 is 10.1 Å². The van der Waals surface area contributed by atoms with Crippen LogP contribution in [0.5, 0.6) is 5.75 Å². The average molecular weight is 266 g/mol. The molecule has 1 atom stereocenters. The fraction of sp³-hybridized carbons (Fsp3) is 0.667. The molecular formula is C15H26N2O2. The Morgan fingerprint density at radius 1 is 1.21 bits per heavy atom. The van der Waals surface area contributed by atoms with Crippen LogP contribution in [0, 0.1) is 0 Å². The molecule has 108 valence electrons. The zero-order valence-electron chi connectivity index (χ0n) is 12.3. The van der Waals surface area contributed by atoms with Gasteiger partial charge in [-0.05, 0) is 37.9 Å². The molecule has 0 aliphatic heterocycles. The van der Waals surface area contributed by atoms with Gasteiger partial charge in [0.2, 0.25) is 0 Å². The number of nitrogens with one attached hydrogen (secondary N) is 1. The number of hydrogen-bond acceptors (Lipinski definition) is 4. The van der Waals surface area contributed by atoms with E-state index in [1.54, 1.807) is 6.20 Å². The molecule has 0 spiro atoms. The molecule has 0 aliphatic carbocycles. The molecule has 1 N–H and O–H groups in total. The average Bonchev–Trinajstić information content (AvgIpc) is 2.43. The lowest BCUT2D eigenvalue weighted by Gasteiger charge is -2.19. The van der Waals surface area contributed by atoms with Crippen LogP contribution in [-0.2, 0) is 4.74 Å². The SMILES string of the molecule is CCCNC(COCCC)c1cncc(OCC)c1. The van der Waals surface area contributed by atoms with Crippen LogP contribution in [0.15, 0.2) is 18.5 Å². The summed E-state index contributed by atoms with van der Waals surface area (Å²) in [6, 6.07) is 2.22. The van der Waals surface area contributed by atoms with Gasteiger partial charge in [-0.25, -0.2) is 0 Å². The highest BCUT2D eigenvalue weighted by atomic mass is 16.5. The number of pyridine rings is 1. The molecule has 0 aliphatic rings. The van der Waals surface area contributed by atoms with Gasteiger partial charge in [0.25, 0.3) is 0 Å². The summed E-state index contributed by atoms with van der Waals surface area (Å²) in [6.07, 6.45) is 5.77. The van der Waals surface area contributed by atoms with Crippen LogP contribution in [0.1, 0.15) is 45.2 Å². The summed E-state index contributed by atoms with van der Waals surface area (Å²) in [5.74, 6) is 0.818. The van der Waals surface area contributed by atoms with E-state index < -0.39 is 0 Å². The molecule has 1 rings (SSSR count). The van der Waals surface area contributed by atoms with Crippen molar-refractivity contribution in [3.05, 3.63) is 24.0 Å². The number of rotatable bonds is 10. The minimum Gasteiger partial charge on any atom is -0.492 e. The largest absolute Gasteiger partial charge is 0.492 e. The molecule has 0 saturated carbocycles. The van der Waals surface area contributed by atoms with E-state index in [-0.39, 0.29) is 6.04 Å². The molecule has 1 unspecified atom stereocenters. The summed E-state index contributed by atoms with van der Waals surface area (Å²) >= 11 is 0. The topological polar surface area (TPSA) is 43.4 Å². The first-order chi connectivity index (χ1) is 9.31. The second-order valence-corrected chi connectivity index (χ2v) is 4.47. The summed E-state index contributed by atoms with van der Waals surface area (Å²) in [4.78, 5) is 4.24. The van der Waals surface area contributed by atoms with E-state index in [0.29, 0.717) is 13.2 Å². The molecule has 0 amide bonds. The van der Waals surface area contributed by atoms with Gasteiger partial charge in [0.05, 0.1) is 25.5 Å². The maximum absolute atomic E-state index is 5.67. The molecule has 4 nitrogen and oxygen atoms in total. The van der Waals surface area contributed by atoms with Crippen molar-refractivity contribution in [2.45, 2.75) is 39.7 Å². The van der Waals surface area contributed by atoms with Gasteiger partial charge in [0.15, 0.2) is 0 Å². The second kappa shape index (κ2) is 9.75. The first-order valence-corrected chi connectivity index (χ1v) is 7.20. The fourth-order valence-electron chi connectivity index (χ4n) is 1.81. The summed E-state index contributed by atoms with van der Waals surface area (Å²) in [6.45, 7) is 9.35. The zero-order valence-corrected chi connectivity index (χ0v) is 12.3.